The summed E-state index contributed by atoms with van der Waals surface area (Å²) in [6, 6.07) is 7.94. The molecule has 2 aromatic rings. The normalized spacial score (nSPS) is 17.7. The summed E-state index contributed by atoms with van der Waals surface area (Å²) in [5.41, 5.74) is 1.15. The average molecular weight is 352 g/mol. The quantitative estimate of drug-likeness (QED) is 0.823. The maximum atomic E-state index is 12.5. The average Bonchev–Trinajstić information content (AvgIpc) is 3.17. The minimum absolute atomic E-state index is 0.160. The first-order valence-electron chi connectivity index (χ1n) is 7.55. The molecular formula is C16H18ClN3O2S. The molecule has 0 saturated carbocycles. The number of benzene rings is 1. The highest BCUT2D eigenvalue weighted by atomic mass is 35.5. The van der Waals surface area contributed by atoms with E-state index in [0.29, 0.717) is 23.2 Å². The molecule has 7 heteroatoms. The van der Waals surface area contributed by atoms with Gasteiger partial charge in [0.2, 0.25) is 11.8 Å². The van der Waals surface area contributed by atoms with Crippen molar-refractivity contribution in [1.29, 1.82) is 0 Å². The summed E-state index contributed by atoms with van der Waals surface area (Å²) in [6.07, 6.45) is 2.04. The van der Waals surface area contributed by atoms with E-state index in [1.165, 1.54) is 11.8 Å². The molecule has 1 fully saturated rings. The van der Waals surface area contributed by atoms with Gasteiger partial charge in [0.05, 0.1) is 17.5 Å². The van der Waals surface area contributed by atoms with E-state index in [2.05, 4.69) is 10.1 Å². The van der Waals surface area contributed by atoms with Gasteiger partial charge >= 0.3 is 0 Å². The SMILES string of the molecule is Cc1nc(CSCC(=O)N2CCCC2c2ccc(Cl)cc2)no1. The van der Waals surface area contributed by atoms with E-state index in [1.54, 1.807) is 6.92 Å². The number of likely N-dealkylation sites (tertiary alicyclic amines) is 1. The third kappa shape index (κ3) is 4.06. The zero-order chi connectivity index (χ0) is 16.2. The Balaban J connectivity index is 1.56. The van der Waals surface area contributed by atoms with Gasteiger partial charge in [0.1, 0.15) is 0 Å². The number of hydrogen-bond donors (Lipinski definition) is 0. The largest absolute Gasteiger partial charge is 0.340 e. The molecule has 2 heterocycles. The third-order valence-electron chi connectivity index (χ3n) is 3.85. The maximum absolute atomic E-state index is 12.5. The second kappa shape index (κ2) is 7.36. The minimum Gasteiger partial charge on any atom is -0.340 e. The highest BCUT2D eigenvalue weighted by Gasteiger charge is 2.29. The molecule has 122 valence electrons. The molecule has 0 aliphatic carbocycles. The van der Waals surface area contributed by atoms with E-state index in [9.17, 15) is 4.79 Å². The van der Waals surface area contributed by atoms with Crippen LogP contribution < -0.4 is 0 Å². The van der Waals surface area contributed by atoms with E-state index in [-0.39, 0.29) is 11.9 Å². The summed E-state index contributed by atoms with van der Waals surface area (Å²) in [6.45, 7) is 2.57. The number of halogens is 1. The molecule has 1 aliphatic rings. The van der Waals surface area contributed by atoms with E-state index < -0.39 is 0 Å². The molecule has 1 aromatic heterocycles. The number of thioether (sulfide) groups is 1. The summed E-state index contributed by atoms with van der Waals surface area (Å²) >= 11 is 7.46. The first-order valence-corrected chi connectivity index (χ1v) is 9.08. The molecule has 0 radical (unpaired) electrons. The number of nitrogens with zero attached hydrogens (tertiary/aromatic N) is 3. The van der Waals surface area contributed by atoms with Crippen molar-refractivity contribution in [2.45, 2.75) is 31.6 Å². The lowest BCUT2D eigenvalue weighted by atomic mass is 10.0. The highest BCUT2D eigenvalue weighted by molar-refractivity contribution is 7.99. The first-order chi connectivity index (χ1) is 11.1. The van der Waals surface area contributed by atoms with Crippen LogP contribution in [0.3, 0.4) is 0 Å². The van der Waals surface area contributed by atoms with Crippen molar-refractivity contribution in [3.8, 4) is 0 Å². The van der Waals surface area contributed by atoms with Crippen LogP contribution in [-0.4, -0.2) is 33.2 Å². The number of rotatable bonds is 5. The monoisotopic (exact) mass is 351 g/mol. The summed E-state index contributed by atoms with van der Waals surface area (Å²) in [5.74, 6) is 2.36. The van der Waals surface area contributed by atoms with Crippen LogP contribution in [0.1, 0.15) is 36.2 Å². The summed E-state index contributed by atoms with van der Waals surface area (Å²) in [4.78, 5) is 18.6. The van der Waals surface area contributed by atoms with Crippen LogP contribution in [0.5, 0.6) is 0 Å². The van der Waals surface area contributed by atoms with Crippen molar-refractivity contribution >= 4 is 29.3 Å². The van der Waals surface area contributed by atoms with Crippen molar-refractivity contribution in [2.24, 2.45) is 0 Å². The number of hydrogen-bond acceptors (Lipinski definition) is 5. The molecular weight excluding hydrogens is 334 g/mol. The van der Waals surface area contributed by atoms with Gasteiger partial charge in [-0.25, -0.2) is 0 Å². The first kappa shape index (κ1) is 16.3. The second-order valence-electron chi connectivity index (χ2n) is 5.52. The van der Waals surface area contributed by atoms with Crippen LogP contribution in [0.15, 0.2) is 28.8 Å². The van der Waals surface area contributed by atoms with Gasteiger partial charge in [0.25, 0.3) is 0 Å². The molecule has 1 aliphatic heterocycles. The van der Waals surface area contributed by atoms with Crippen LogP contribution in [0.4, 0.5) is 0 Å². The van der Waals surface area contributed by atoms with Crippen molar-refractivity contribution in [2.75, 3.05) is 12.3 Å². The second-order valence-corrected chi connectivity index (χ2v) is 6.94. The maximum Gasteiger partial charge on any atom is 0.233 e. The molecule has 0 spiro atoms. The Morgan fingerprint density at radius 2 is 2.22 bits per heavy atom. The molecule has 1 amide bonds. The Hall–Kier alpha value is -1.53. The van der Waals surface area contributed by atoms with Crippen molar-refractivity contribution in [3.05, 3.63) is 46.6 Å². The topological polar surface area (TPSA) is 59.2 Å². The van der Waals surface area contributed by atoms with Crippen molar-refractivity contribution in [1.82, 2.24) is 15.0 Å². The van der Waals surface area contributed by atoms with Crippen molar-refractivity contribution in [3.63, 3.8) is 0 Å². The smallest absolute Gasteiger partial charge is 0.233 e. The predicted octanol–water partition coefficient (Wildman–Crippen LogP) is 3.63. The van der Waals surface area contributed by atoms with E-state index in [4.69, 9.17) is 16.1 Å². The molecule has 0 bridgehead atoms. The van der Waals surface area contributed by atoms with E-state index in [1.807, 2.05) is 29.2 Å². The number of carbonyl (C=O) groups is 1. The molecule has 1 unspecified atom stereocenters. The fourth-order valence-electron chi connectivity index (χ4n) is 2.81. The number of carbonyl (C=O) groups excluding carboxylic acids is 1. The molecule has 1 atom stereocenters. The van der Waals surface area contributed by atoms with Gasteiger partial charge in [-0.3, -0.25) is 4.79 Å². The van der Waals surface area contributed by atoms with Crippen molar-refractivity contribution < 1.29 is 9.32 Å². The fraction of sp³-hybridized carbons (Fsp3) is 0.438. The third-order valence-corrected chi connectivity index (χ3v) is 5.02. The summed E-state index contributed by atoms with van der Waals surface area (Å²) in [5, 5.41) is 4.55. The number of aromatic nitrogens is 2. The van der Waals surface area contributed by atoms with Gasteiger partial charge in [-0.15, -0.1) is 11.8 Å². The molecule has 5 nitrogen and oxygen atoms in total. The van der Waals surface area contributed by atoms with Gasteiger partial charge in [0, 0.05) is 18.5 Å². The molecule has 1 aromatic carbocycles. The van der Waals surface area contributed by atoms with Gasteiger partial charge in [-0.1, -0.05) is 28.9 Å². The Kier molecular flexibility index (Phi) is 5.23. The predicted molar refractivity (Wildman–Crippen MR) is 90.3 cm³/mol. The van der Waals surface area contributed by atoms with E-state index >= 15 is 0 Å². The van der Waals surface area contributed by atoms with E-state index in [0.717, 1.165) is 30.0 Å². The molecule has 3 rings (SSSR count). The van der Waals surface area contributed by atoms with Gasteiger partial charge in [-0.2, -0.15) is 4.98 Å². The van der Waals surface area contributed by atoms with Crippen LogP contribution >= 0.6 is 23.4 Å². The summed E-state index contributed by atoms with van der Waals surface area (Å²) < 4.78 is 4.93. The Morgan fingerprint density at radius 3 is 2.91 bits per heavy atom. The van der Waals surface area contributed by atoms with Crippen LogP contribution in [0, 0.1) is 6.92 Å². The lowest BCUT2D eigenvalue weighted by molar-refractivity contribution is -0.129. The zero-order valence-electron chi connectivity index (χ0n) is 12.9. The lowest BCUT2D eigenvalue weighted by Crippen LogP contribution is -2.32. The number of amides is 1. The number of aryl methyl sites for hydroxylation is 1. The van der Waals surface area contributed by atoms with Crippen LogP contribution in [0.2, 0.25) is 5.02 Å². The Labute approximate surface area is 144 Å². The molecule has 1 saturated heterocycles. The summed E-state index contributed by atoms with van der Waals surface area (Å²) in [7, 11) is 0. The highest BCUT2D eigenvalue weighted by Crippen LogP contribution is 2.33. The Bertz CT molecular complexity index is 674. The van der Waals surface area contributed by atoms with Gasteiger partial charge in [-0.05, 0) is 30.5 Å². The Morgan fingerprint density at radius 1 is 1.43 bits per heavy atom. The zero-order valence-corrected chi connectivity index (χ0v) is 14.4. The van der Waals surface area contributed by atoms with Gasteiger partial charge < -0.3 is 9.42 Å². The standard InChI is InChI=1S/C16H18ClN3O2S/c1-11-18-15(19-22-11)9-23-10-16(21)20-8-2-3-14(20)12-4-6-13(17)7-5-12/h4-7,14H,2-3,8-10H2,1H3. The lowest BCUT2D eigenvalue weighted by Gasteiger charge is -2.25. The van der Waals surface area contributed by atoms with Crippen LogP contribution in [0.25, 0.3) is 0 Å². The minimum atomic E-state index is 0.160. The molecule has 23 heavy (non-hydrogen) atoms. The van der Waals surface area contributed by atoms with Crippen LogP contribution in [-0.2, 0) is 10.5 Å². The fourth-order valence-corrected chi connectivity index (χ4v) is 3.68. The van der Waals surface area contributed by atoms with Gasteiger partial charge in [0.15, 0.2) is 5.82 Å². The molecule has 0 N–H and O–H groups in total.